The first kappa shape index (κ1) is 11.6. The van der Waals surface area contributed by atoms with Gasteiger partial charge < -0.3 is 4.74 Å². The summed E-state index contributed by atoms with van der Waals surface area (Å²) in [5.74, 6) is 6.98. The number of methoxy groups -OCH3 is 1. The minimum atomic E-state index is 0.0769. The van der Waals surface area contributed by atoms with Crippen molar-refractivity contribution in [2.24, 2.45) is 0 Å². The van der Waals surface area contributed by atoms with Gasteiger partial charge in [-0.2, -0.15) is 0 Å². The first-order chi connectivity index (χ1) is 7.22. The van der Waals surface area contributed by atoms with E-state index in [4.69, 9.17) is 4.74 Å². The molecule has 0 N–H and O–H groups in total. The van der Waals surface area contributed by atoms with Gasteiger partial charge >= 0.3 is 0 Å². The van der Waals surface area contributed by atoms with Crippen LogP contribution in [0.2, 0.25) is 0 Å². The fourth-order valence-electron chi connectivity index (χ4n) is 0.875. The van der Waals surface area contributed by atoms with Gasteiger partial charge in [0.25, 0.3) is 0 Å². The molecule has 0 saturated carbocycles. The maximum Gasteiger partial charge on any atom is 0.186 e. The van der Waals surface area contributed by atoms with E-state index in [1.807, 2.05) is 0 Å². The third-order valence-electron chi connectivity index (χ3n) is 1.53. The standard InChI is InChI=1S/C11H11NO2S/c1-9(13)15-5-3-4-10-6-11(14-2)8-12-7-10/h6-8H,5H2,1-2H3. The molecular formula is C11H11NO2S. The molecule has 0 saturated heterocycles. The molecule has 0 spiro atoms. The number of carbonyl (C=O) groups is 1. The van der Waals surface area contributed by atoms with Gasteiger partial charge in [-0.15, -0.1) is 0 Å². The van der Waals surface area contributed by atoms with Crippen molar-refractivity contribution in [3.05, 3.63) is 24.0 Å². The van der Waals surface area contributed by atoms with Crippen molar-refractivity contribution in [2.45, 2.75) is 6.92 Å². The lowest BCUT2D eigenvalue weighted by Crippen LogP contribution is -1.86. The molecule has 3 nitrogen and oxygen atoms in total. The minimum absolute atomic E-state index is 0.0769. The third-order valence-corrected chi connectivity index (χ3v) is 2.22. The lowest BCUT2D eigenvalue weighted by Gasteiger charge is -1.97. The van der Waals surface area contributed by atoms with E-state index in [2.05, 4.69) is 16.8 Å². The zero-order chi connectivity index (χ0) is 11.1. The molecule has 78 valence electrons. The predicted octanol–water partition coefficient (Wildman–Crippen LogP) is 1.72. The first-order valence-corrected chi connectivity index (χ1v) is 5.32. The summed E-state index contributed by atoms with van der Waals surface area (Å²) in [6, 6.07) is 1.80. The summed E-state index contributed by atoms with van der Waals surface area (Å²) in [5.41, 5.74) is 0.790. The Morgan fingerprint density at radius 3 is 3.07 bits per heavy atom. The maximum atomic E-state index is 10.6. The van der Waals surface area contributed by atoms with E-state index in [1.54, 1.807) is 25.6 Å². The molecule has 0 bridgehead atoms. The summed E-state index contributed by atoms with van der Waals surface area (Å²) in [5, 5.41) is 0.0769. The van der Waals surface area contributed by atoms with Crippen LogP contribution in [0.1, 0.15) is 12.5 Å². The fraction of sp³-hybridized carbons (Fsp3) is 0.273. The number of rotatable bonds is 2. The second-order valence-electron chi connectivity index (χ2n) is 2.70. The van der Waals surface area contributed by atoms with Crippen molar-refractivity contribution in [3.63, 3.8) is 0 Å². The molecule has 0 aliphatic rings. The summed E-state index contributed by atoms with van der Waals surface area (Å²) in [6.45, 7) is 1.53. The molecular weight excluding hydrogens is 210 g/mol. The molecule has 0 amide bonds. The Balaban J connectivity index is 2.59. The van der Waals surface area contributed by atoms with Crippen LogP contribution in [0.4, 0.5) is 0 Å². The molecule has 1 rings (SSSR count). The summed E-state index contributed by atoms with van der Waals surface area (Å²) >= 11 is 1.20. The largest absolute Gasteiger partial charge is 0.495 e. The van der Waals surface area contributed by atoms with Gasteiger partial charge in [-0.1, -0.05) is 23.6 Å². The lowest BCUT2D eigenvalue weighted by atomic mass is 10.3. The zero-order valence-corrected chi connectivity index (χ0v) is 9.43. The van der Waals surface area contributed by atoms with Crippen LogP contribution in [-0.2, 0) is 4.79 Å². The van der Waals surface area contributed by atoms with Gasteiger partial charge in [0.2, 0.25) is 0 Å². The van der Waals surface area contributed by atoms with Crippen LogP contribution in [0.3, 0.4) is 0 Å². The predicted molar refractivity (Wildman–Crippen MR) is 60.8 cm³/mol. The van der Waals surface area contributed by atoms with Gasteiger partial charge in [0, 0.05) is 18.7 Å². The Morgan fingerprint density at radius 1 is 1.60 bits per heavy atom. The highest BCUT2D eigenvalue weighted by atomic mass is 32.2. The van der Waals surface area contributed by atoms with Crippen LogP contribution in [0.25, 0.3) is 0 Å². The Kier molecular flexibility index (Phi) is 4.72. The smallest absolute Gasteiger partial charge is 0.186 e. The van der Waals surface area contributed by atoms with E-state index in [0.717, 1.165) is 5.56 Å². The highest BCUT2D eigenvalue weighted by molar-refractivity contribution is 8.13. The van der Waals surface area contributed by atoms with Crippen LogP contribution in [-0.4, -0.2) is 23.0 Å². The minimum Gasteiger partial charge on any atom is -0.495 e. The second-order valence-corrected chi connectivity index (χ2v) is 3.85. The normalized spacial score (nSPS) is 8.93. The Bertz CT molecular complexity index is 407. The number of nitrogens with zero attached hydrogens (tertiary/aromatic N) is 1. The quantitative estimate of drug-likeness (QED) is 0.713. The molecule has 0 aromatic carbocycles. The molecule has 0 radical (unpaired) electrons. The highest BCUT2D eigenvalue weighted by Gasteiger charge is 1.92. The van der Waals surface area contributed by atoms with Crippen molar-refractivity contribution in [1.29, 1.82) is 0 Å². The molecule has 0 unspecified atom stereocenters. The monoisotopic (exact) mass is 221 g/mol. The third kappa shape index (κ3) is 4.52. The van der Waals surface area contributed by atoms with E-state index >= 15 is 0 Å². The molecule has 0 aliphatic heterocycles. The average Bonchev–Trinajstić information content (AvgIpc) is 2.24. The van der Waals surface area contributed by atoms with Crippen LogP contribution < -0.4 is 4.74 Å². The molecule has 15 heavy (non-hydrogen) atoms. The Hall–Kier alpha value is -1.47. The molecule has 4 heteroatoms. The highest BCUT2D eigenvalue weighted by Crippen LogP contribution is 2.09. The summed E-state index contributed by atoms with van der Waals surface area (Å²) in [4.78, 5) is 14.6. The van der Waals surface area contributed by atoms with E-state index in [0.29, 0.717) is 11.5 Å². The fourth-order valence-corrected chi connectivity index (χ4v) is 1.22. The number of ether oxygens (including phenoxy) is 1. The molecule has 0 atom stereocenters. The lowest BCUT2D eigenvalue weighted by molar-refractivity contribution is -0.109. The van der Waals surface area contributed by atoms with Crippen LogP contribution in [0.5, 0.6) is 5.75 Å². The number of carbonyl (C=O) groups excluding carboxylic acids is 1. The molecule has 0 fully saturated rings. The van der Waals surface area contributed by atoms with Crippen molar-refractivity contribution < 1.29 is 9.53 Å². The molecule has 0 aliphatic carbocycles. The van der Waals surface area contributed by atoms with Gasteiger partial charge in [0.1, 0.15) is 5.75 Å². The number of thioether (sulfide) groups is 1. The summed E-state index contributed by atoms with van der Waals surface area (Å²) < 4.78 is 5.01. The van der Waals surface area contributed by atoms with Crippen molar-refractivity contribution in [1.82, 2.24) is 4.98 Å². The van der Waals surface area contributed by atoms with Gasteiger partial charge in [0.05, 0.1) is 19.1 Å². The number of pyridine rings is 1. The SMILES string of the molecule is COc1cncc(C#CCSC(C)=O)c1. The Morgan fingerprint density at radius 2 is 2.40 bits per heavy atom. The first-order valence-electron chi connectivity index (χ1n) is 4.33. The average molecular weight is 221 g/mol. The van der Waals surface area contributed by atoms with Crippen molar-refractivity contribution >= 4 is 16.9 Å². The number of hydrogen-bond acceptors (Lipinski definition) is 4. The van der Waals surface area contributed by atoms with Crippen molar-refractivity contribution in [2.75, 3.05) is 12.9 Å². The number of hydrogen-bond donors (Lipinski definition) is 0. The molecule has 1 aromatic heterocycles. The van der Waals surface area contributed by atoms with E-state index in [1.165, 1.54) is 18.7 Å². The zero-order valence-electron chi connectivity index (χ0n) is 8.61. The van der Waals surface area contributed by atoms with E-state index in [-0.39, 0.29) is 5.12 Å². The summed E-state index contributed by atoms with van der Waals surface area (Å²) in [6.07, 6.45) is 3.28. The van der Waals surface area contributed by atoms with Crippen LogP contribution in [0.15, 0.2) is 18.5 Å². The van der Waals surface area contributed by atoms with Gasteiger partial charge in [-0.05, 0) is 6.07 Å². The van der Waals surface area contributed by atoms with E-state index < -0.39 is 0 Å². The van der Waals surface area contributed by atoms with Gasteiger partial charge in [-0.25, -0.2) is 0 Å². The van der Waals surface area contributed by atoms with Crippen LogP contribution in [0, 0.1) is 11.8 Å². The van der Waals surface area contributed by atoms with Crippen LogP contribution >= 0.6 is 11.8 Å². The van der Waals surface area contributed by atoms with Gasteiger partial charge in [-0.3, -0.25) is 9.78 Å². The Labute approximate surface area is 93.2 Å². The van der Waals surface area contributed by atoms with Crippen molar-refractivity contribution in [3.8, 4) is 17.6 Å². The topological polar surface area (TPSA) is 39.2 Å². The van der Waals surface area contributed by atoms with E-state index in [9.17, 15) is 4.79 Å². The maximum absolute atomic E-state index is 10.6. The molecule has 1 heterocycles. The molecule has 1 aromatic rings. The number of aromatic nitrogens is 1. The van der Waals surface area contributed by atoms with Gasteiger partial charge in [0.15, 0.2) is 5.12 Å². The summed E-state index contributed by atoms with van der Waals surface area (Å²) in [7, 11) is 1.58. The second kappa shape index (κ2) is 6.10.